The Morgan fingerprint density at radius 2 is 1.95 bits per heavy atom. The van der Waals surface area contributed by atoms with Crippen molar-refractivity contribution in [3.8, 4) is 11.1 Å². The fraction of sp³-hybridized carbons (Fsp3) is 0.200. The molecular formula is C15H15N3O. The minimum Gasteiger partial charge on any atom is -0.363 e. The second kappa shape index (κ2) is 4.39. The number of carbonyl (C=O) groups excluding carboxylic acids is 1. The van der Waals surface area contributed by atoms with Gasteiger partial charge >= 0.3 is 0 Å². The van der Waals surface area contributed by atoms with Crippen LogP contribution in [0.5, 0.6) is 0 Å². The number of pyridine rings is 1. The molecule has 1 aliphatic rings. The van der Waals surface area contributed by atoms with E-state index in [0.29, 0.717) is 6.42 Å². The van der Waals surface area contributed by atoms with E-state index in [1.807, 2.05) is 55.5 Å². The zero-order valence-corrected chi connectivity index (χ0v) is 11.0. The van der Waals surface area contributed by atoms with E-state index in [2.05, 4.69) is 10.3 Å². The zero-order valence-electron chi connectivity index (χ0n) is 11.0. The number of nitrogens with zero attached hydrogens (tertiary/aromatic N) is 2. The van der Waals surface area contributed by atoms with E-state index in [4.69, 9.17) is 0 Å². The van der Waals surface area contributed by atoms with Crippen molar-refractivity contribution in [3.63, 3.8) is 0 Å². The van der Waals surface area contributed by atoms with E-state index in [0.717, 1.165) is 28.2 Å². The van der Waals surface area contributed by atoms with Crippen LogP contribution in [0.15, 0.2) is 36.5 Å². The van der Waals surface area contributed by atoms with Gasteiger partial charge in [-0.15, -0.1) is 0 Å². The number of hydrogen-bond donors (Lipinski definition) is 1. The highest BCUT2D eigenvalue weighted by Crippen LogP contribution is 2.29. The van der Waals surface area contributed by atoms with Gasteiger partial charge in [0.25, 0.3) is 0 Å². The average Bonchev–Trinajstić information content (AvgIpc) is 2.77. The summed E-state index contributed by atoms with van der Waals surface area (Å²) in [5.74, 6) is 0.992. The monoisotopic (exact) mass is 253 g/mol. The molecule has 4 heteroatoms. The summed E-state index contributed by atoms with van der Waals surface area (Å²) in [5, 5.41) is 2.87. The smallest absolute Gasteiger partial charge is 0.228 e. The second-order valence-electron chi connectivity index (χ2n) is 4.90. The maximum atomic E-state index is 11.3. The van der Waals surface area contributed by atoms with Crippen LogP contribution in [0.4, 0.5) is 11.5 Å². The topological polar surface area (TPSA) is 45.2 Å². The van der Waals surface area contributed by atoms with Crippen molar-refractivity contribution in [3.05, 3.63) is 42.1 Å². The van der Waals surface area contributed by atoms with Crippen LogP contribution < -0.4 is 10.2 Å². The molecule has 0 radical (unpaired) electrons. The SMILES string of the molecule is CN(C)c1ccc(-c2ccc3c(c2)NC(=O)C3)cn1. The third-order valence-corrected chi connectivity index (χ3v) is 3.27. The van der Waals surface area contributed by atoms with Crippen LogP contribution in [0.3, 0.4) is 0 Å². The quantitative estimate of drug-likeness (QED) is 0.893. The molecule has 1 amide bonds. The van der Waals surface area contributed by atoms with E-state index in [1.165, 1.54) is 0 Å². The molecule has 4 nitrogen and oxygen atoms in total. The van der Waals surface area contributed by atoms with Crippen molar-refractivity contribution >= 4 is 17.4 Å². The molecule has 96 valence electrons. The van der Waals surface area contributed by atoms with Crippen LogP contribution in [0.2, 0.25) is 0 Å². The van der Waals surface area contributed by atoms with Gasteiger partial charge in [0.2, 0.25) is 5.91 Å². The normalized spacial score (nSPS) is 13.1. The summed E-state index contributed by atoms with van der Waals surface area (Å²) >= 11 is 0. The molecule has 19 heavy (non-hydrogen) atoms. The Balaban J connectivity index is 1.95. The number of amides is 1. The molecule has 2 aromatic rings. The molecular weight excluding hydrogens is 238 g/mol. The summed E-state index contributed by atoms with van der Waals surface area (Å²) in [4.78, 5) is 17.7. The van der Waals surface area contributed by atoms with Crippen molar-refractivity contribution in [2.75, 3.05) is 24.3 Å². The Labute approximate surface area is 112 Å². The van der Waals surface area contributed by atoms with Crippen molar-refractivity contribution in [2.24, 2.45) is 0 Å². The van der Waals surface area contributed by atoms with Crippen LogP contribution in [0.1, 0.15) is 5.56 Å². The average molecular weight is 253 g/mol. The number of rotatable bonds is 2. The fourth-order valence-electron chi connectivity index (χ4n) is 2.22. The van der Waals surface area contributed by atoms with Crippen LogP contribution in [0, 0.1) is 0 Å². The number of anilines is 2. The first kappa shape index (κ1) is 11.7. The Bertz CT molecular complexity index is 632. The van der Waals surface area contributed by atoms with Gasteiger partial charge in [-0.25, -0.2) is 4.98 Å². The molecule has 0 aliphatic carbocycles. The number of aromatic nitrogens is 1. The minimum atomic E-state index is 0.0632. The number of benzene rings is 1. The Hall–Kier alpha value is -2.36. The third kappa shape index (κ3) is 2.17. The van der Waals surface area contributed by atoms with Crippen LogP contribution >= 0.6 is 0 Å². The first-order valence-electron chi connectivity index (χ1n) is 6.20. The number of hydrogen-bond acceptors (Lipinski definition) is 3. The molecule has 0 saturated carbocycles. The van der Waals surface area contributed by atoms with Gasteiger partial charge in [0.1, 0.15) is 5.82 Å². The molecule has 0 spiro atoms. The number of carbonyl (C=O) groups is 1. The van der Waals surface area contributed by atoms with Gasteiger partial charge < -0.3 is 10.2 Å². The lowest BCUT2D eigenvalue weighted by atomic mass is 10.0. The predicted molar refractivity (Wildman–Crippen MR) is 76.3 cm³/mol. The number of fused-ring (bicyclic) bond motifs is 1. The fourth-order valence-corrected chi connectivity index (χ4v) is 2.22. The van der Waals surface area contributed by atoms with Gasteiger partial charge in [0.15, 0.2) is 0 Å². The van der Waals surface area contributed by atoms with E-state index in [9.17, 15) is 4.79 Å². The Morgan fingerprint density at radius 3 is 2.63 bits per heavy atom. The molecule has 1 N–H and O–H groups in total. The van der Waals surface area contributed by atoms with Gasteiger partial charge in [-0.3, -0.25) is 4.79 Å². The summed E-state index contributed by atoms with van der Waals surface area (Å²) in [6.45, 7) is 0. The van der Waals surface area contributed by atoms with E-state index in [1.54, 1.807) is 0 Å². The first-order chi connectivity index (χ1) is 9.13. The summed E-state index contributed by atoms with van der Waals surface area (Å²) in [7, 11) is 3.93. The Kier molecular flexibility index (Phi) is 2.71. The first-order valence-corrected chi connectivity index (χ1v) is 6.20. The lowest BCUT2D eigenvalue weighted by Gasteiger charge is -2.11. The summed E-state index contributed by atoms with van der Waals surface area (Å²) in [5.41, 5.74) is 4.10. The molecule has 0 atom stereocenters. The number of nitrogens with one attached hydrogen (secondary N) is 1. The van der Waals surface area contributed by atoms with Gasteiger partial charge in [-0.2, -0.15) is 0 Å². The van der Waals surface area contributed by atoms with Crippen LogP contribution in [0.25, 0.3) is 11.1 Å². The molecule has 3 rings (SSSR count). The lowest BCUT2D eigenvalue weighted by Crippen LogP contribution is -2.09. The summed E-state index contributed by atoms with van der Waals surface area (Å²) in [6, 6.07) is 10.1. The van der Waals surface area contributed by atoms with Gasteiger partial charge in [0, 0.05) is 31.5 Å². The standard InChI is InChI=1S/C15H15N3O/c1-18(2)14-6-5-12(9-16-14)10-3-4-11-8-15(19)17-13(11)7-10/h3-7,9H,8H2,1-2H3,(H,17,19). The van der Waals surface area contributed by atoms with Crippen molar-refractivity contribution in [1.29, 1.82) is 0 Å². The molecule has 0 bridgehead atoms. The van der Waals surface area contributed by atoms with E-state index in [-0.39, 0.29) is 5.91 Å². The van der Waals surface area contributed by atoms with Gasteiger partial charge in [-0.05, 0) is 29.3 Å². The van der Waals surface area contributed by atoms with Crippen LogP contribution in [-0.2, 0) is 11.2 Å². The maximum Gasteiger partial charge on any atom is 0.228 e. The molecule has 2 heterocycles. The minimum absolute atomic E-state index is 0.0632. The van der Waals surface area contributed by atoms with E-state index < -0.39 is 0 Å². The zero-order chi connectivity index (χ0) is 13.4. The Morgan fingerprint density at radius 1 is 1.16 bits per heavy atom. The molecule has 1 aromatic heterocycles. The predicted octanol–water partition coefficient (Wildman–Crippen LogP) is 2.31. The van der Waals surface area contributed by atoms with Crippen molar-refractivity contribution < 1.29 is 4.79 Å². The van der Waals surface area contributed by atoms with E-state index >= 15 is 0 Å². The van der Waals surface area contributed by atoms with Gasteiger partial charge in [-0.1, -0.05) is 12.1 Å². The summed E-state index contributed by atoms with van der Waals surface area (Å²) < 4.78 is 0. The van der Waals surface area contributed by atoms with Crippen LogP contribution in [-0.4, -0.2) is 25.0 Å². The highest BCUT2D eigenvalue weighted by Gasteiger charge is 2.17. The van der Waals surface area contributed by atoms with Crippen molar-refractivity contribution in [1.82, 2.24) is 4.98 Å². The molecule has 1 aliphatic heterocycles. The third-order valence-electron chi connectivity index (χ3n) is 3.27. The maximum absolute atomic E-state index is 11.3. The second-order valence-corrected chi connectivity index (χ2v) is 4.90. The molecule has 0 unspecified atom stereocenters. The van der Waals surface area contributed by atoms with Gasteiger partial charge in [0.05, 0.1) is 6.42 Å². The molecule has 0 saturated heterocycles. The molecule has 1 aromatic carbocycles. The lowest BCUT2D eigenvalue weighted by molar-refractivity contribution is -0.115. The largest absolute Gasteiger partial charge is 0.363 e. The molecule has 0 fully saturated rings. The highest BCUT2D eigenvalue weighted by molar-refractivity contribution is 5.99. The summed E-state index contributed by atoms with van der Waals surface area (Å²) in [6.07, 6.45) is 2.33. The van der Waals surface area contributed by atoms with Crippen molar-refractivity contribution in [2.45, 2.75) is 6.42 Å². The highest BCUT2D eigenvalue weighted by atomic mass is 16.1.